The lowest BCUT2D eigenvalue weighted by Crippen LogP contribution is -2.00. The predicted octanol–water partition coefficient (Wildman–Crippen LogP) is 2.73. The normalized spacial score (nSPS) is 12.6. The van der Waals surface area contributed by atoms with Gasteiger partial charge in [-0.25, -0.2) is 0 Å². The molecule has 0 saturated heterocycles. The largest absolute Gasteiger partial charge is 0.389 e. The molecule has 0 radical (unpaired) electrons. The molecule has 90 valence electrons. The maximum atomic E-state index is 9.40. The van der Waals surface area contributed by atoms with Crippen LogP contribution in [0.1, 0.15) is 18.6 Å². The summed E-state index contributed by atoms with van der Waals surface area (Å²) in [4.78, 5) is 1.22. The van der Waals surface area contributed by atoms with Crippen molar-refractivity contribution in [2.24, 2.45) is 0 Å². The van der Waals surface area contributed by atoms with Gasteiger partial charge in [0.2, 0.25) is 0 Å². The monoisotopic (exact) mass is 248 g/mol. The molecule has 2 rings (SSSR count). The highest BCUT2D eigenvalue weighted by Crippen LogP contribution is 2.21. The van der Waals surface area contributed by atoms with Gasteiger partial charge in [-0.05, 0) is 30.7 Å². The number of rotatable bonds is 5. The molecule has 1 N–H and O–H groups in total. The molecule has 17 heavy (non-hydrogen) atoms. The first kappa shape index (κ1) is 12.2. The lowest BCUT2D eigenvalue weighted by molar-refractivity contribution is 0.199. The molecule has 1 atom stereocenters. The number of aromatic nitrogens is 2. The summed E-state index contributed by atoms with van der Waals surface area (Å²) >= 11 is 1.80. The van der Waals surface area contributed by atoms with Gasteiger partial charge in [-0.1, -0.05) is 12.1 Å². The van der Waals surface area contributed by atoms with Crippen molar-refractivity contribution in [2.75, 3.05) is 5.75 Å². The van der Waals surface area contributed by atoms with E-state index in [-0.39, 0.29) is 0 Å². The zero-order valence-corrected chi connectivity index (χ0v) is 10.6. The van der Waals surface area contributed by atoms with Crippen LogP contribution in [0.25, 0.3) is 0 Å². The first-order valence-corrected chi connectivity index (χ1v) is 6.62. The number of hydrogen-bond donors (Lipinski definition) is 1. The fourth-order valence-electron chi connectivity index (χ4n) is 1.53. The molecule has 1 heterocycles. The molecule has 3 nitrogen and oxygen atoms in total. The van der Waals surface area contributed by atoms with E-state index in [1.807, 2.05) is 29.1 Å². The van der Waals surface area contributed by atoms with Gasteiger partial charge in [0.1, 0.15) is 0 Å². The molecule has 0 aliphatic carbocycles. The maximum absolute atomic E-state index is 9.40. The van der Waals surface area contributed by atoms with Crippen molar-refractivity contribution in [1.82, 2.24) is 9.78 Å². The van der Waals surface area contributed by atoms with E-state index in [2.05, 4.69) is 17.2 Å². The van der Waals surface area contributed by atoms with E-state index in [0.717, 1.165) is 17.9 Å². The third-order valence-electron chi connectivity index (χ3n) is 2.51. The number of aliphatic hydroxyl groups is 1. The van der Waals surface area contributed by atoms with Crippen molar-refractivity contribution in [3.63, 3.8) is 0 Å². The fourth-order valence-corrected chi connectivity index (χ4v) is 2.37. The smallest absolute Gasteiger partial charge is 0.0761 e. The zero-order valence-electron chi connectivity index (χ0n) is 9.78. The Morgan fingerprint density at radius 3 is 2.71 bits per heavy atom. The molecule has 4 heteroatoms. The minimum atomic E-state index is -0.391. The first-order valence-electron chi connectivity index (χ1n) is 5.64. The van der Waals surface area contributed by atoms with Crippen LogP contribution in [0.15, 0.2) is 47.6 Å². The molecule has 0 spiro atoms. The Kier molecular flexibility index (Phi) is 4.23. The lowest BCUT2D eigenvalue weighted by atomic mass is 10.1. The molecule has 0 bridgehead atoms. The molecule has 1 aromatic carbocycles. The van der Waals surface area contributed by atoms with E-state index in [1.54, 1.807) is 24.9 Å². The molecule has 2 aromatic rings. The number of aliphatic hydroxyl groups excluding tert-OH is 1. The lowest BCUT2D eigenvalue weighted by Gasteiger charge is -2.06. The highest BCUT2D eigenvalue weighted by molar-refractivity contribution is 7.99. The summed E-state index contributed by atoms with van der Waals surface area (Å²) in [5, 5.41) is 13.6. The average molecular weight is 248 g/mol. The second kappa shape index (κ2) is 5.89. The van der Waals surface area contributed by atoms with E-state index in [4.69, 9.17) is 0 Å². The van der Waals surface area contributed by atoms with Crippen LogP contribution < -0.4 is 0 Å². The number of hydrogen-bond acceptors (Lipinski definition) is 3. The molecule has 0 aliphatic heterocycles. The van der Waals surface area contributed by atoms with Crippen LogP contribution in [0.3, 0.4) is 0 Å². The van der Waals surface area contributed by atoms with E-state index < -0.39 is 6.10 Å². The van der Waals surface area contributed by atoms with E-state index >= 15 is 0 Å². The van der Waals surface area contributed by atoms with Gasteiger partial charge in [0.25, 0.3) is 0 Å². The van der Waals surface area contributed by atoms with Crippen LogP contribution in [0.2, 0.25) is 0 Å². The Morgan fingerprint density at radius 1 is 1.35 bits per heavy atom. The van der Waals surface area contributed by atoms with Gasteiger partial charge in [0.15, 0.2) is 0 Å². The van der Waals surface area contributed by atoms with Crippen molar-refractivity contribution in [3.8, 4) is 0 Å². The number of nitrogens with zero attached hydrogens (tertiary/aromatic N) is 2. The Balaban J connectivity index is 1.83. The highest BCUT2D eigenvalue weighted by Gasteiger charge is 2.00. The molecule has 1 aromatic heterocycles. The standard InChI is InChI=1S/C13H16N2OS/c1-11(16)12-3-5-13(6-4-12)17-10-9-15-8-2-7-14-15/h2-8,11,16H,9-10H2,1H3. The van der Waals surface area contributed by atoms with Crippen molar-refractivity contribution in [2.45, 2.75) is 24.5 Å². The van der Waals surface area contributed by atoms with E-state index in [0.29, 0.717) is 0 Å². The second-order valence-electron chi connectivity index (χ2n) is 3.86. The van der Waals surface area contributed by atoms with Crippen molar-refractivity contribution in [3.05, 3.63) is 48.3 Å². The van der Waals surface area contributed by atoms with Crippen molar-refractivity contribution >= 4 is 11.8 Å². The van der Waals surface area contributed by atoms with Crippen molar-refractivity contribution < 1.29 is 5.11 Å². The fraction of sp³-hybridized carbons (Fsp3) is 0.308. The van der Waals surface area contributed by atoms with Crippen LogP contribution >= 0.6 is 11.8 Å². The minimum Gasteiger partial charge on any atom is -0.389 e. The maximum Gasteiger partial charge on any atom is 0.0761 e. The Bertz CT molecular complexity index is 437. The zero-order chi connectivity index (χ0) is 12.1. The molecular formula is C13H16N2OS. The third-order valence-corrected chi connectivity index (χ3v) is 3.50. The van der Waals surface area contributed by atoms with Gasteiger partial charge < -0.3 is 5.11 Å². The topological polar surface area (TPSA) is 38.0 Å². The number of thioether (sulfide) groups is 1. The summed E-state index contributed by atoms with van der Waals surface area (Å²) in [5.41, 5.74) is 0.960. The second-order valence-corrected chi connectivity index (χ2v) is 5.03. The average Bonchev–Trinajstić information content (AvgIpc) is 2.83. The SMILES string of the molecule is CC(O)c1ccc(SCCn2cccn2)cc1. The van der Waals surface area contributed by atoms with Crippen LogP contribution in [0.5, 0.6) is 0 Å². The summed E-state index contributed by atoms with van der Waals surface area (Å²) in [6.07, 6.45) is 3.37. The number of aryl methyl sites for hydroxylation is 1. The summed E-state index contributed by atoms with van der Waals surface area (Å²) in [5.74, 6) is 0.996. The summed E-state index contributed by atoms with van der Waals surface area (Å²) < 4.78 is 1.93. The third kappa shape index (κ3) is 3.61. The van der Waals surface area contributed by atoms with Crippen LogP contribution in [0, 0.1) is 0 Å². The Labute approximate surface area is 105 Å². The van der Waals surface area contributed by atoms with Gasteiger partial charge >= 0.3 is 0 Å². The molecule has 0 saturated carbocycles. The van der Waals surface area contributed by atoms with E-state index in [1.165, 1.54) is 4.90 Å². The van der Waals surface area contributed by atoms with Crippen molar-refractivity contribution in [1.29, 1.82) is 0 Å². The molecule has 0 aliphatic rings. The van der Waals surface area contributed by atoms with Gasteiger partial charge in [-0.15, -0.1) is 11.8 Å². The van der Waals surface area contributed by atoms with Crippen LogP contribution in [-0.4, -0.2) is 20.6 Å². The molecule has 1 unspecified atom stereocenters. The minimum absolute atomic E-state index is 0.391. The van der Waals surface area contributed by atoms with Gasteiger partial charge in [0.05, 0.1) is 12.6 Å². The Morgan fingerprint density at radius 2 is 2.12 bits per heavy atom. The Hall–Kier alpha value is -1.26. The number of benzene rings is 1. The first-order chi connectivity index (χ1) is 8.25. The summed E-state index contributed by atoms with van der Waals surface area (Å²) in [7, 11) is 0. The van der Waals surface area contributed by atoms with Gasteiger partial charge in [-0.3, -0.25) is 4.68 Å². The highest BCUT2D eigenvalue weighted by atomic mass is 32.2. The molecule has 0 amide bonds. The summed E-state index contributed by atoms with van der Waals surface area (Å²) in [6.45, 7) is 2.69. The van der Waals surface area contributed by atoms with Gasteiger partial charge in [-0.2, -0.15) is 5.10 Å². The van der Waals surface area contributed by atoms with Crippen LogP contribution in [0.4, 0.5) is 0 Å². The quantitative estimate of drug-likeness (QED) is 0.827. The van der Waals surface area contributed by atoms with Gasteiger partial charge in [0, 0.05) is 23.0 Å². The van der Waals surface area contributed by atoms with E-state index in [9.17, 15) is 5.11 Å². The summed E-state index contributed by atoms with van der Waals surface area (Å²) in [6, 6.07) is 9.98. The molecule has 0 fully saturated rings. The molecular weight excluding hydrogens is 232 g/mol. The van der Waals surface area contributed by atoms with Crippen LogP contribution in [-0.2, 0) is 6.54 Å². The predicted molar refractivity (Wildman–Crippen MR) is 70.0 cm³/mol.